The number of hydrogen-bond acceptors (Lipinski definition) is 3. The molecule has 0 saturated carbocycles. The lowest BCUT2D eigenvalue weighted by Crippen LogP contribution is -2.19. The maximum atomic E-state index is 11.5. The molecule has 1 atom stereocenters. The van der Waals surface area contributed by atoms with E-state index in [4.69, 9.17) is 45.3 Å². The number of ether oxygens (including phenoxy) is 1. The first-order valence-electron chi connectivity index (χ1n) is 5.98. The summed E-state index contributed by atoms with van der Waals surface area (Å²) in [5, 5.41) is 3.87. The van der Waals surface area contributed by atoms with Gasteiger partial charge in [-0.25, -0.2) is 0 Å². The number of fused-ring (bicyclic) bond motifs is 1. The monoisotopic (exact) mass is 342 g/mol. The number of hydrogen-bond donors (Lipinski definition) is 2. The van der Waals surface area contributed by atoms with Gasteiger partial charge >= 0.3 is 0 Å². The highest BCUT2D eigenvalue weighted by Gasteiger charge is 2.28. The van der Waals surface area contributed by atoms with Crippen LogP contribution in [0.4, 0.5) is 5.69 Å². The van der Waals surface area contributed by atoms with Crippen molar-refractivity contribution >= 4 is 46.4 Å². The largest absolute Gasteiger partial charge is 0.454 e. The third-order valence-electron chi connectivity index (χ3n) is 3.09. The van der Waals surface area contributed by atoms with Crippen LogP contribution in [-0.2, 0) is 4.79 Å². The molecule has 0 bridgehead atoms. The van der Waals surface area contributed by atoms with Crippen LogP contribution in [0.2, 0.25) is 15.1 Å². The van der Waals surface area contributed by atoms with E-state index in [0.29, 0.717) is 37.8 Å². The highest BCUT2D eigenvalue weighted by Crippen LogP contribution is 2.41. The van der Waals surface area contributed by atoms with E-state index in [-0.39, 0.29) is 5.91 Å². The van der Waals surface area contributed by atoms with E-state index >= 15 is 0 Å². The first kappa shape index (κ1) is 14.5. The minimum Gasteiger partial charge on any atom is -0.454 e. The highest BCUT2D eigenvalue weighted by atomic mass is 35.5. The van der Waals surface area contributed by atoms with Crippen LogP contribution in [-0.4, -0.2) is 5.91 Å². The van der Waals surface area contributed by atoms with E-state index < -0.39 is 6.04 Å². The molecule has 0 radical (unpaired) electrons. The first-order chi connectivity index (χ1) is 9.95. The predicted molar refractivity (Wildman–Crippen MR) is 83.5 cm³/mol. The molecule has 0 fully saturated rings. The van der Waals surface area contributed by atoms with Gasteiger partial charge < -0.3 is 15.8 Å². The van der Waals surface area contributed by atoms with Crippen molar-refractivity contribution in [1.82, 2.24) is 0 Å². The Bertz CT molecular complexity index is 749. The molecule has 1 amide bonds. The second-order valence-electron chi connectivity index (χ2n) is 4.51. The molecule has 3 N–H and O–H groups in total. The molecule has 0 aromatic heterocycles. The van der Waals surface area contributed by atoms with Crippen LogP contribution in [0.25, 0.3) is 0 Å². The van der Waals surface area contributed by atoms with Crippen LogP contribution in [0.3, 0.4) is 0 Å². The summed E-state index contributed by atoms with van der Waals surface area (Å²) >= 11 is 18.1. The molecule has 108 valence electrons. The van der Waals surface area contributed by atoms with Gasteiger partial charge in [0.1, 0.15) is 17.5 Å². The standard InChI is InChI=1S/C14H9Cl3N2O2/c15-6-1-2-11(8(16)3-6)21-12-5-10-7(4-9(12)17)13(18)14(20)19-10/h1-5,13H,18H2,(H,19,20). The average molecular weight is 344 g/mol. The predicted octanol–water partition coefficient (Wildman–Crippen LogP) is 4.39. The summed E-state index contributed by atoms with van der Waals surface area (Å²) in [6.07, 6.45) is 0. The number of amides is 1. The van der Waals surface area contributed by atoms with Gasteiger partial charge in [0, 0.05) is 22.3 Å². The Balaban J connectivity index is 1.97. The summed E-state index contributed by atoms with van der Waals surface area (Å²) in [6, 6.07) is 7.37. The van der Waals surface area contributed by atoms with Gasteiger partial charge in [-0.15, -0.1) is 0 Å². The maximum Gasteiger partial charge on any atom is 0.245 e. The number of carbonyl (C=O) groups excluding carboxylic acids is 1. The third kappa shape index (κ3) is 2.68. The summed E-state index contributed by atoms with van der Waals surface area (Å²) in [7, 11) is 0. The normalized spacial score (nSPS) is 16.6. The Morgan fingerprint density at radius 2 is 1.76 bits per heavy atom. The highest BCUT2D eigenvalue weighted by molar-refractivity contribution is 6.35. The summed E-state index contributed by atoms with van der Waals surface area (Å²) in [6.45, 7) is 0. The van der Waals surface area contributed by atoms with Crippen LogP contribution < -0.4 is 15.8 Å². The molecule has 3 rings (SSSR count). The van der Waals surface area contributed by atoms with Gasteiger partial charge in [0.05, 0.1) is 10.0 Å². The van der Waals surface area contributed by atoms with E-state index in [0.717, 1.165) is 0 Å². The number of nitrogens with one attached hydrogen (secondary N) is 1. The lowest BCUT2D eigenvalue weighted by atomic mass is 10.1. The minimum atomic E-state index is -0.717. The van der Waals surface area contributed by atoms with Crippen LogP contribution in [0.1, 0.15) is 11.6 Å². The van der Waals surface area contributed by atoms with Crippen molar-refractivity contribution in [3.63, 3.8) is 0 Å². The molecule has 2 aromatic carbocycles. The summed E-state index contributed by atoms with van der Waals surface area (Å²) in [4.78, 5) is 11.5. The molecule has 1 heterocycles. The molecule has 1 aliphatic rings. The first-order valence-corrected chi connectivity index (χ1v) is 7.12. The number of rotatable bonds is 2. The Morgan fingerprint density at radius 3 is 2.48 bits per heavy atom. The quantitative estimate of drug-likeness (QED) is 0.850. The number of halogens is 3. The third-order valence-corrected chi connectivity index (χ3v) is 3.92. The molecule has 2 aromatic rings. The fourth-order valence-electron chi connectivity index (χ4n) is 2.04. The van der Waals surface area contributed by atoms with E-state index in [2.05, 4.69) is 5.32 Å². The molecular weight excluding hydrogens is 335 g/mol. The van der Waals surface area contributed by atoms with Crippen molar-refractivity contribution in [1.29, 1.82) is 0 Å². The van der Waals surface area contributed by atoms with Gasteiger partial charge in [0.2, 0.25) is 5.91 Å². The molecule has 0 aliphatic carbocycles. The lowest BCUT2D eigenvalue weighted by Gasteiger charge is -2.11. The number of carbonyl (C=O) groups is 1. The SMILES string of the molecule is NC1C(=O)Nc2cc(Oc3ccc(Cl)cc3Cl)c(Cl)cc21. The smallest absolute Gasteiger partial charge is 0.245 e. The van der Waals surface area contributed by atoms with Crippen LogP contribution >= 0.6 is 34.8 Å². The van der Waals surface area contributed by atoms with Crippen molar-refractivity contribution in [3.8, 4) is 11.5 Å². The number of anilines is 1. The van der Waals surface area contributed by atoms with Crippen LogP contribution in [0.15, 0.2) is 30.3 Å². The van der Waals surface area contributed by atoms with Gasteiger partial charge in [-0.1, -0.05) is 34.8 Å². The number of nitrogens with two attached hydrogens (primary N) is 1. The molecular formula is C14H9Cl3N2O2. The summed E-state index contributed by atoms with van der Waals surface area (Å²) < 4.78 is 5.68. The molecule has 0 saturated heterocycles. The Labute approximate surface area is 135 Å². The van der Waals surface area contributed by atoms with Crippen molar-refractivity contribution in [2.75, 3.05) is 5.32 Å². The van der Waals surface area contributed by atoms with Crippen molar-refractivity contribution in [3.05, 3.63) is 51.0 Å². The van der Waals surface area contributed by atoms with E-state index in [1.54, 1.807) is 30.3 Å². The van der Waals surface area contributed by atoms with Crippen molar-refractivity contribution < 1.29 is 9.53 Å². The van der Waals surface area contributed by atoms with E-state index in [9.17, 15) is 4.79 Å². The van der Waals surface area contributed by atoms with Gasteiger partial charge in [0.15, 0.2) is 0 Å². The molecule has 7 heteroatoms. The second-order valence-corrected chi connectivity index (χ2v) is 5.76. The molecule has 4 nitrogen and oxygen atoms in total. The van der Waals surface area contributed by atoms with Gasteiger partial charge in [-0.3, -0.25) is 4.79 Å². The van der Waals surface area contributed by atoms with Gasteiger partial charge in [-0.05, 0) is 24.3 Å². The molecule has 1 unspecified atom stereocenters. The topological polar surface area (TPSA) is 64.4 Å². The Kier molecular flexibility index (Phi) is 3.71. The fourth-order valence-corrected chi connectivity index (χ4v) is 2.70. The zero-order chi connectivity index (χ0) is 15.1. The Hall–Kier alpha value is -1.46. The Morgan fingerprint density at radius 1 is 1.05 bits per heavy atom. The van der Waals surface area contributed by atoms with Crippen molar-refractivity contribution in [2.45, 2.75) is 6.04 Å². The van der Waals surface area contributed by atoms with Gasteiger partial charge in [-0.2, -0.15) is 0 Å². The summed E-state index contributed by atoms with van der Waals surface area (Å²) in [5.74, 6) is 0.508. The van der Waals surface area contributed by atoms with Crippen LogP contribution in [0, 0.1) is 0 Å². The number of benzene rings is 2. The molecule has 0 spiro atoms. The molecule has 21 heavy (non-hydrogen) atoms. The lowest BCUT2D eigenvalue weighted by molar-refractivity contribution is -0.116. The zero-order valence-corrected chi connectivity index (χ0v) is 12.8. The zero-order valence-electron chi connectivity index (χ0n) is 10.5. The average Bonchev–Trinajstić information content (AvgIpc) is 2.69. The fraction of sp³-hybridized carbons (Fsp3) is 0.0714. The maximum absolute atomic E-state index is 11.5. The molecule has 1 aliphatic heterocycles. The van der Waals surface area contributed by atoms with Crippen molar-refractivity contribution in [2.24, 2.45) is 5.73 Å². The summed E-state index contributed by atoms with van der Waals surface area (Å²) in [5.41, 5.74) is 6.97. The second kappa shape index (κ2) is 5.39. The van der Waals surface area contributed by atoms with Crippen LogP contribution in [0.5, 0.6) is 11.5 Å². The van der Waals surface area contributed by atoms with E-state index in [1.807, 2.05) is 0 Å². The minimum absolute atomic E-state index is 0.275. The van der Waals surface area contributed by atoms with E-state index in [1.165, 1.54) is 0 Å². The van der Waals surface area contributed by atoms with Gasteiger partial charge in [0.25, 0.3) is 0 Å².